The number of nitrogens with one attached hydrogen (secondary N) is 9. The molecule has 0 saturated carbocycles. The molecule has 9 N–H and O–H groups in total. The molecule has 9 heteroatoms. The fourth-order valence-electron chi connectivity index (χ4n) is 6.03. The molecular weight excluding hydrogens is 619 g/mol. The molecule has 0 aliphatic rings. The third-order valence-corrected chi connectivity index (χ3v) is 9.36. The van der Waals surface area contributed by atoms with Crippen LogP contribution in [0.25, 0.3) is 0 Å². The molecule has 302 valence electrons. The molecule has 0 spiro atoms. The molecule has 0 bridgehead atoms. The van der Waals surface area contributed by atoms with E-state index in [1.807, 2.05) is 0 Å². The van der Waals surface area contributed by atoms with E-state index in [4.69, 9.17) is 0 Å². The van der Waals surface area contributed by atoms with Crippen LogP contribution in [0.1, 0.15) is 149 Å². The van der Waals surface area contributed by atoms with Gasteiger partial charge < -0.3 is 47.9 Å². The molecule has 0 aliphatic carbocycles. The molecular formula is C41H93N9. The highest BCUT2D eigenvalue weighted by Gasteiger charge is 1.96. The van der Waals surface area contributed by atoms with E-state index < -0.39 is 0 Å². The van der Waals surface area contributed by atoms with E-state index >= 15 is 0 Å². The normalized spacial score (nSPS) is 11.6. The van der Waals surface area contributed by atoms with Gasteiger partial charge in [-0.05, 0) is 227 Å². The van der Waals surface area contributed by atoms with Crippen LogP contribution in [0.3, 0.4) is 0 Å². The van der Waals surface area contributed by atoms with Gasteiger partial charge in [0.15, 0.2) is 0 Å². The number of hydrogen-bond acceptors (Lipinski definition) is 9. The van der Waals surface area contributed by atoms with Crippen molar-refractivity contribution in [3.63, 3.8) is 0 Å². The van der Waals surface area contributed by atoms with Crippen molar-refractivity contribution in [1.82, 2.24) is 47.9 Å². The predicted molar refractivity (Wildman–Crippen MR) is 224 cm³/mol. The highest BCUT2D eigenvalue weighted by atomic mass is 14.9. The van der Waals surface area contributed by atoms with E-state index in [1.165, 1.54) is 161 Å². The summed E-state index contributed by atoms with van der Waals surface area (Å²) in [5.74, 6) is 0. The third kappa shape index (κ3) is 47.6. The lowest BCUT2D eigenvalue weighted by Crippen LogP contribution is -2.23. The SMILES string of the molecule is CCCCCCCNCCCCNCCCCNCCCCNCCCCNCCCCNCCCCNCCCCNCCCCNCC. The highest BCUT2D eigenvalue weighted by molar-refractivity contribution is 4.59. The first-order valence-electron chi connectivity index (χ1n) is 22.3. The van der Waals surface area contributed by atoms with Gasteiger partial charge in [0.2, 0.25) is 0 Å². The van der Waals surface area contributed by atoms with Gasteiger partial charge in [-0.3, -0.25) is 0 Å². The van der Waals surface area contributed by atoms with Crippen molar-refractivity contribution in [3.05, 3.63) is 0 Å². The minimum absolute atomic E-state index is 1.09. The second-order valence-electron chi connectivity index (χ2n) is 14.4. The Morgan fingerprint density at radius 3 is 0.520 bits per heavy atom. The summed E-state index contributed by atoms with van der Waals surface area (Å²) in [6.07, 6.45) is 27.4. The third-order valence-electron chi connectivity index (χ3n) is 9.36. The van der Waals surface area contributed by atoms with Crippen LogP contribution in [0.2, 0.25) is 0 Å². The van der Waals surface area contributed by atoms with E-state index in [-0.39, 0.29) is 0 Å². The zero-order valence-electron chi connectivity index (χ0n) is 34.1. The second-order valence-corrected chi connectivity index (χ2v) is 14.4. The summed E-state index contributed by atoms with van der Waals surface area (Å²) in [7, 11) is 0. The Kier molecular flexibility index (Phi) is 48.3. The molecule has 0 atom stereocenters. The lowest BCUT2D eigenvalue weighted by molar-refractivity contribution is 0.527. The molecule has 0 unspecified atom stereocenters. The zero-order valence-corrected chi connectivity index (χ0v) is 34.1. The van der Waals surface area contributed by atoms with Crippen molar-refractivity contribution in [2.24, 2.45) is 0 Å². The van der Waals surface area contributed by atoms with Gasteiger partial charge in [0.1, 0.15) is 0 Å². The van der Waals surface area contributed by atoms with Gasteiger partial charge in [-0.1, -0.05) is 39.5 Å². The maximum atomic E-state index is 3.63. The second kappa shape index (κ2) is 48.6. The minimum atomic E-state index is 1.09. The monoisotopic (exact) mass is 712 g/mol. The Labute approximate surface area is 313 Å². The summed E-state index contributed by atoms with van der Waals surface area (Å²) in [4.78, 5) is 0. The molecule has 0 amide bonds. The number of rotatable bonds is 47. The van der Waals surface area contributed by atoms with Gasteiger partial charge in [0.25, 0.3) is 0 Å². The van der Waals surface area contributed by atoms with Crippen molar-refractivity contribution in [1.29, 1.82) is 0 Å². The average molecular weight is 712 g/mol. The molecule has 0 fully saturated rings. The first kappa shape index (κ1) is 49.6. The van der Waals surface area contributed by atoms with Gasteiger partial charge in [-0.25, -0.2) is 0 Å². The number of unbranched alkanes of at least 4 members (excludes halogenated alkanes) is 12. The van der Waals surface area contributed by atoms with Crippen LogP contribution in [0.5, 0.6) is 0 Å². The minimum Gasteiger partial charge on any atom is -0.317 e. The molecule has 9 nitrogen and oxygen atoms in total. The molecule has 0 aromatic carbocycles. The smallest absolute Gasteiger partial charge is 0.00484 e. The lowest BCUT2D eigenvalue weighted by Gasteiger charge is -2.08. The summed E-state index contributed by atoms with van der Waals surface area (Å²) in [6.45, 7) is 25.3. The maximum absolute atomic E-state index is 3.63. The Bertz CT molecular complexity index is 522. The van der Waals surface area contributed by atoms with E-state index in [0.29, 0.717) is 0 Å². The standard InChI is InChI=1S/C41H93N9/c1-3-5-6-7-8-26-43-28-11-12-30-45-32-15-16-34-47-36-19-20-38-49-40-23-24-41-50-39-22-21-37-48-35-18-17-33-46-31-14-13-29-44-27-10-9-25-42-4-2/h42-50H,3-41H2,1-2H3. The van der Waals surface area contributed by atoms with Gasteiger partial charge >= 0.3 is 0 Å². The lowest BCUT2D eigenvalue weighted by atomic mass is 10.1. The van der Waals surface area contributed by atoms with Crippen LogP contribution in [0.4, 0.5) is 0 Å². The Balaban J connectivity index is 3.04. The van der Waals surface area contributed by atoms with Crippen LogP contribution in [-0.4, -0.2) is 118 Å². The molecule has 0 aliphatic heterocycles. The largest absolute Gasteiger partial charge is 0.317 e. The summed E-state index contributed by atoms with van der Waals surface area (Å²) in [5, 5.41) is 32.3. The Morgan fingerprint density at radius 1 is 0.180 bits per heavy atom. The molecule has 0 rings (SSSR count). The zero-order chi connectivity index (χ0) is 35.9. The van der Waals surface area contributed by atoms with Crippen molar-refractivity contribution in [2.75, 3.05) is 118 Å². The fourth-order valence-corrected chi connectivity index (χ4v) is 6.03. The molecule has 0 saturated heterocycles. The van der Waals surface area contributed by atoms with Crippen LogP contribution in [0.15, 0.2) is 0 Å². The average Bonchev–Trinajstić information content (AvgIpc) is 3.13. The van der Waals surface area contributed by atoms with Gasteiger partial charge in [-0.15, -0.1) is 0 Å². The highest BCUT2D eigenvalue weighted by Crippen LogP contribution is 2.01. The van der Waals surface area contributed by atoms with Crippen LogP contribution in [0, 0.1) is 0 Å². The Hall–Kier alpha value is -0.360. The molecule has 50 heavy (non-hydrogen) atoms. The molecule has 0 heterocycles. The van der Waals surface area contributed by atoms with E-state index in [0.717, 1.165) is 91.6 Å². The van der Waals surface area contributed by atoms with Crippen molar-refractivity contribution in [2.45, 2.75) is 149 Å². The van der Waals surface area contributed by atoms with Gasteiger partial charge in [0.05, 0.1) is 0 Å². The molecule has 0 aromatic rings. The van der Waals surface area contributed by atoms with Crippen molar-refractivity contribution in [3.8, 4) is 0 Å². The van der Waals surface area contributed by atoms with Crippen molar-refractivity contribution >= 4 is 0 Å². The maximum Gasteiger partial charge on any atom is -0.00484 e. The van der Waals surface area contributed by atoms with E-state index in [9.17, 15) is 0 Å². The van der Waals surface area contributed by atoms with E-state index in [2.05, 4.69) is 61.7 Å². The molecule has 0 radical (unpaired) electrons. The van der Waals surface area contributed by atoms with Crippen LogP contribution >= 0.6 is 0 Å². The van der Waals surface area contributed by atoms with Gasteiger partial charge in [0, 0.05) is 0 Å². The summed E-state index contributed by atoms with van der Waals surface area (Å²) in [6, 6.07) is 0. The topological polar surface area (TPSA) is 108 Å². The molecule has 0 aromatic heterocycles. The number of hydrogen-bond donors (Lipinski definition) is 9. The first-order chi connectivity index (χ1) is 24.9. The summed E-state index contributed by atoms with van der Waals surface area (Å²) >= 11 is 0. The Morgan fingerprint density at radius 2 is 0.340 bits per heavy atom. The fraction of sp³-hybridized carbons (Fsp3) is 1.00. The predicted octanol–water partition coefficient (Wildman–Crippen LogP) is 5.52. The summed E-state index contributed by atoms with van der Waals surface area (Å²) in [5.41, 5.74) is 0. The first-order valence-corrected chi connectivity index (χ1v) is 22.3. The van der Waals surface area contributed by atoms with Crippen LogP contribution in [-0.2, 0) is 0 Å². The quantitative estimate of drug-likeness (QED) is 0.0377. The van der Waals surface area contributed by atoms with Crippen molar-refractivity contribution < 1.29 is 0 Å². The van der Waals surface area contributed by atoms with Crippen LogP contribution < -0.4 is 47.9 Å². The van der Waals surface area contributed by atoms with E-state index in [1.54, 1.807) is 0 Å². The van der Waals surface area contributed by atoms with Gasteiger partial charge in [-0.2, -0.15) is 0 Å². The summed E-state index contributed by atoms with van der Waals surface area (Å²) < 4.78 is 0.